The monoisotopic (exact) mass is 660 g/mol. The Labute approximate surface area is 297 Å². The second kappa shape index (κ2) is 14.3. The van der Waals surface area contributed by atoms with Gasteiger partial charge < -0.3 is 14.2 Å². The molecule has 7 aromatic carbocycles. The Morgan fingerprint density at radius 3 is 1.00 bits per heavy atom. The topological polar surface area (TPSA) is 44.8 Å². The van der Waals surface area contributed by atoms with Gasteiger partial charge in [0.05, 0.1) is 5.56 Å². The maximum Gasteiger partial charge on any atom is 0.195 e. The van der Waals surface area contributed by atoms with E-state index < -0.39 is 0 Å². The van der Waals surface area contributed by atoms with Crippen molar-refractivity contribution >= 4 is 28.1 Å². The lowest BCUT2D eigenvalue weighted by Gasteiger charge is -2.22. The van der Waals surface area contributed by atoms with Gasteiger partial charge >= 0.3 is 0 Å². The first-order chi connectivity index (χ1) is 25.2. The molecule has 0 heterocycles. The Morgan fingerprint density at radius 1 is 0.294 bits per heavy atom. The van der Waals surface area contributed by atoms with E-state index in [2.05, 4.69) is 0 Å². The van der Waals surface area contributed by atoms with Crippen LogP contribution >= 0.6 is 0 Å². The number of Topliss-reactive ketones (excluding diaryl/α,β-unsaturated/α-hetero) is 1. The average Bonchev–Trinajstić information content (AvgIpc) is 3.49. The minimum atomic E-state index is -0.0813. The zero-order valence-electron chi connectivity index (χ0n) is 27.6. The van der Waals surface area contributed by atoms with E-state index in [4.69, 9.17) is 14.2 Å². The van der Waals surface area contributed by atoms with Crippen molar-refractivity contribution in [2.75, 3.05) is 0 Å². The van der Waals surface area contributed by atoms with Crippen LogP contribution in [-0.2, 0) is 4.79 Å². The van der Waals surface area contributed by atoms with Gasteiger partial charge in [0.1, 0.15) is 34.5 Å². The number of carbonyl (C=O) groups is 1. The highest BCUT2D eigenvalue weighted by atomic mass is 16.5. The van der Waals surface area contributed by atoms with E-state index in [0.29, 0.717) is 56.8 Å². The number of carbonyl (C=O) groups excluding carboxylic acids is 1. The van der Waals surface area contributed by atoms with Gasteiger partial charge in [-0.3, -0.25) is 4.79 Å². The minimum Gasteiger partial charge on any atom is -0.457 e. The highest BCUT2D eigenvalue weighted by Gasteiger charge is 2.38. The number of hydrogen-bond donors (Lipinski definition) is 0. The maximum atomic E-state index is 15.1. The van der Waals surface area contributed by atoms with Crippen LogP contribution in [0.2, 0.25) is 0 Å². The number of ketones is 1. The lowest BCUT2D eigenvalue weighted by atomic mass is 9.88. The summed E-state index contributed by atoms with van der Waals surface area (Å²) in [6.45, 7) is 0. The first kappa shape index (κ1) is 31.4. The molecule has 0 saturated carbocycles. The molecule has 1 aliphatic carbocycles. The molecule has 8 rings (SSSR count). The van der Waals surface area contributed by atoms with Gasteiger partial charge in [0, 0.05) is 34.4 Å². The highest BCUT2D eigenvalue weighted by molar-refractivity contribution is 6.59. The van der Waals surface area contributed by atoms with Crippen LogP contribution < -0.4 is 14.2 Å². The van der Waals surface area contributed by atoms with E-state index in [0.717, 1.165) is 22.3 Å². The Bertz CT molecular complexity index is 2290. The molecule has 0 unspecified atom stereocenters. The summed E-state index contributed by atoms with van der Waals surface area (Å²) in [5.41, 5.74) is 5.80. The number of rotatable bonds is 10. The summed E-state index contributed by atoms with van der Waals surface area (Å²) in [7, 11) is 0. The number of benzene rings is 7. The maximum absolute atomic E-state index is 15.1. The zero-order chi connectivity index (χ0) is 34.4. The lowest BCUT2D eigenvalue weighted by Crippen LogP contribution is -2.02. The third-order valence-electron chi connectivity index (χ3n) is 8.60. The van der Waals surface area contributed by atoms with Crippen LogP contribution in [0.4, 0.5) is 0 Å². The normalized spacial score (nSPS) is 12.6. The summed E-state index contributed by atoms with van der Waals surface area (Å²) in [5, 5.41) is 0. The molecule has 7 aromatic rings. The van der Waals surface area contributed by atoms with Crippen molar-refractivity contribution in [1.29, 1.82) is 0 Å². The molecule has 4 heteroatoms. The van der Waals surface area contributed by atoms with Gasteiger partial charge in [0.25, 0.3) is 0 Å². The first-order valence-electron chi connectivity index (χ1n) is 16.8. The molecule has 0 saturated heterocycles. The molecule has 0 aromatic heterocycles. The zero-order valence-corrected chi connectivity index (χ0v) is 27.6. The van der Waals surface area contributed by atoms with Crippen molar-refractivity contribution in [2.45, 2.75) is 0 Å². The third kappa shape index (κ3) is 6.59. The van der Waals surface area contributed by atoms with Gasteiger partial charge in [-0.15, -0.1) is 0 Å². The average molecular weight is 661 g/mol. The number of ether oxygens (including phenoxy) is 3. The van der Waals surface area contributed by atoms with Crippen molar-refractivity contribution < 1.29 is 19.0 Å². The van der Waals surface area contributed by atoms with Crippen molar-refractivity contribution in [3.8, 4) is 34.5 Å². The number of allylic oxidation sites excluding steroid dienone is 4. The molecule has 0 bridgehead atoms. The van der Waals surface area contributed by atoms with Gasteiger partial charge in [-0.25, -0.2) is 0 Å². The van der Waals surface area contributed by atoms with Crippen molar-refractivity contribution in [3.05, 3.63) is 216 Å². The van der Waals surface area contributed by atoms with Crippen molar-refractivity contribution in [2.24, 2.45) is 0 Å². The molecule has 0 atom stereocenters. The van der Waals surface area contributed by atoms with Crippen LogP contribution in [-0.4, -0.2) is 5.78 Å². The van der Waals surface area contributed by atoms with Gasteiger partial charge in [-0.05, 0) is 53.1 Å². The second-order valence-corrected chi connectivity index (χ2v) is 12.0. The molecule has 0 N–H and O–H groups in total. The van der Waals surface area contributed by atoms with Crippen LogP contribution in [0, 0.1) is 0 Å². The Balaban J connectivity index is 1.48. The molecule has 51 heavy (non-hydrogen) atoms. The highest BCUT2D eigenvalue weighted by Crippen LogP contribution is 2.55. The fourth-order valence-electron chi connectivity index (χ4n) is 6.39. The van der Waals surface area contributed by atoms with E-state index in [1.54, 1.807) is 0 Å². The molecule has 4 nitrogen and oxygen atoms in total. The smallest absolute Gasteiger partial charge is 0.195 e. The molecule has 0 aliphatic heterocycles. The molecule has 0 spiro atoms. The third-order valence-corrected chi connectivity index (χ3v) is 8.60. The fourth-order valence-corrected chi connectivity index (χ4v) is 6.39. The van der Waals surface area contributed by atoms with Crippen LogP contribution in [0.25, 0.3) is 22.3 Å². The SMILES string of the molecule is O=C1C(c2ccccc2)=C(c2ccccc2)C(c2c(Oc3ccccc3)cc(Oc3ccccc3)cc2Oc2ccccc2)=C1c1ccccc1. The summed E-state index contributed by atoms with van der Waals surface area (Å²) >= 11 is 0. The lowest BCUT2D eigenvalue weighted by molar-refractivity contribution is -0.108. The molecule has 0 radical (unpaired) electrons. The molecule has 0 fully saturated rings. The van der Waals surface area contributed by atoms with Gasteiger partial charge in [-0.2, -0.15) is 0 Å². The molecular weight excluding hydrogens is 629 g/mol. The summed E-state index contributed by atoms with van der Waals surface area (Å²) in [5.74, 6) is 3.29. The largest absolute Gasteiger partial charge is 0.457 e. The Kier molecular flexibility index (Phi) is 8.79. The standard InChI is InChI=1S/C47H32O4/c48-47-43(34-21-9-2-10-22-34)42(33-19-7-1-8-20-33)46(44(47)35-23-11-3-12-24-35)45-40(50-37-27-15-5-16-28-37)31-39(49-36-25-13-4-14-26-36)32-41(45)51-38-29-17-6-18-30-38/h1-32H. The fraction of sp³-hybridized carbons (Fsp3) is 0. The van der Waals surface area contributed by atoms with E-state index in [1.165, 1.54) is 0 Å². The minimum absolute atomic E-state index is 0.0813. The van der Waals surface area contributed by atoms with Crippen LogP contribution in [0.15, 0.2) is 194 Å². The van der Waals surface area contributed by atoms with E-state index in [9.17, 15) is 0 Å². The molecular formula is C47H32O4. The summed E-state index contributed by atoms with van der Waals surface area (Å²) < 4.78 is 20.0. The predicted molar refractivity (Wildman–Crippen MR) is 204 cm³/mol. The van der Waals surface area contributed by atoms with E-state index in [1.807, 2.05) is 194 Å². The summed E-state index contributed by atoms with van der Waals surface area (Å²) in [6.07, 6.45) is 0. The predicted octanol–water partition coefficient (Wildman–Crippen LogP) is 12.2. The molecule has 0 amide bonds. The van der Waals surface area contributed by atoms with Crippen molar-refractivity contribution in [1.82, 2.24) is 0 Å². The van der Waals surface area contributed by atoms with E-state index >= 15 is 4.79 Å². The quantitative estimate of drug-likeness (QED) is 0.146. The second-order valence-electron chi connectivity index (χ2n) is 12.0. The number of hydrogen-bond acceptors (Lipinski definition) is 4. The van der Waals surface area contributed by atoms with Crippen LogP contribution in [0.3, 0.4) is 0 Å². The Morgan fingerprint density at radius 2 is 0.608 bits per heavy atom. The Hall–Kier alpha value is -6.91. The van der Waals surface area contributed by atoms with Gasteiger partial charge in [0.15, 0.2) is 5.78 Å². The van der Waals surface area contributed by atoms with Crippen LogP contribution in [0.5, 0.6) is 34.5 Å². The summed E-state index contributed by atoms with van der Waals surface area (Å²) in [6, 6.07) is 62.3. The number of para-hydroxylation sites is 3. The first-order valence-corrected chi connectivity index (χ1v) is 16.8. The molecule has 244 valence electrons. The van der Waals surface area contributed by atoms with Gasteiger partial charge in [0.2, 0.25) is 0 Å². The van der Waals surface area contributed by atoms with Gasteiger partial charge in [-0.1, -0.05) is 146 Å². The van der Waals surface area contributed by atoms with Crippen LogP contribution in [0.1, 0.15) is 22.3 Å². The summed E-state index contributed by atoms with van der Waals surface area (Å²) in [4.78, 5) is 15.1. The molecule has 1 aliphatic rings. The van der Waals surface area contributed by atoms with E-state index in [-0.39, 0.29) is 5.78 Å². The van der Waals surface area contributed by atoms with Crippen molar-refractivity contribution in [3.63, 3.8) is 0 Å².